The lowest BCUT2D eigenvalue weighted by Crippen LogP contribution is -2.10. The van der Waals surface area contributed by atoms with Crippen molar-refractivity contribution in [2.45, 2.75) is 13.0 Å². The molecule has 0 saturated heterocycles. The minimum atomic E-state index is -0.592. The zero-order valence-electron chi connectivity index (χ0n) is 13.8. The van der Waals surface area contributed by atoms with Crippen molar-refractivity contribution in [2.24, 2.45) is 0 Å². The van der Waals surface area contributed by atoms with Crippen molar-refractivity contribution in [1.82, 2.24) is 0 Å². The molecule has 1 aromatic heterocycles. The Morgan fingerprint density at radius 1 is 1.15 bits per heavy atom. The van der Waals surface area contributed by atoms with Gasteiger partial charge < -0.3 is 19.0 Å². The smallest absolute Gasteiger partial charge is 0.336 e. The van der Waals surface area contributed by atoms with Gasteiger partial charge in [-0.2, -0.15) is 0 Å². The summed E-state index contributed by atoms with van der Waals surface area (Å²) in [6.45, 7) is -0.103. The molecule has 0 fully saturated rings. The van der Waals surface area contributed by atoms with Crippen LogP contribution in [0, 0.1) is 0 Å². The van der Waals surface area contributed by atoms with E-state index in [0.717, 1.165) is 0 Å². The molecule has 6 nitrogen and oxygen atoms in total. The lowest BCUT2D eigenvalue weighted by Gasteiger charge is -2.10. The van der Waals surface area contributed by atoms with Crippen molar-refractivity contribution in [3.8, 4) is 11.5 Å². The highest BCUT2D eigenvalue weighted by Gasteiger charge is 2.13. The lowest BCUT2D eigenvalue weighted by molar-refractivity contribution is -0.144. The second-order valence-corrected chi connectivity index (χ2v) is 6.00. The number of rotatable bonds is 5. The normalized spacial score (nSPS) is 10.7. The predicted octanol–water partition coefficient (Wildman–Crippen LogP) is 3.45. The molecule has 0 aliphatic rings. The molecule has 0 aliphatic carbocycles. The minimum absolute atomic E-state index is 0.0239. The van der Waals surface area contributed by atoms with E-state index in [-0.39, 0.29) is 24.4 Å². The molecule has 2 aromatic carbocycles. The number of benzene rings is 2. The average Bonchev–Trinajstić information content (AvgIpc) is 2.59. The van der Waals surface area contributed by atoms with Crippen LogP contribution in [0.5, 0.6) is 11.5 Å². The average molecular weight is 375 g/mol. The third-order valence-corrected chi connectivity index (χ3v) is 4.01. The number of ether oxygens (including phenoxy) is 2. The summed E-state index contributed by atoms with van der Waals surface area (Å²) in [7, 11) is 1.50. The number of phenolic OH excluding ortho intramolecular Hbond substituents is 1. The number of hydrogen-bond acceptors (Lipinski definition) is 6. The van der Waals surface area contributed by atoms with Crippen LogP contribution in [0.3, 0.4) is 0 Å². The summed E-state index contributed by atoms with van der Waals surface area (Å²) in [5.41, 5.74) is 0.723. The zero-order valence-corrected chi connectivity index (χ0v) is 14.6. The van der Waals surface area contributed by atoms with E-state index in [0.29, 0.717) is 27.3 Å². The molecule has 7 heteroatoms. The Hall–Kier alpha value is -2.99. The Morgan fingerprint density at radius 2 is 1.96 bits per heavy atom. The van der Waals surface area contributed by atoms with Crippen LogP contribution in [-0.4, -0.2) is 18.2 Å². The van der Waals surface area contributed by atoms with Gasteiger partial charge in [0.1, 0.15) is 23.7 Å². The third kappa shape index (κ3) is 3.97. The van der Waals surface area contributed by atoms with E-state index in [1.165, 1.54) is 25.3 Å². The minimum Gasteiger partial charge on any atom is -0.508 e. The molecule has 0 amide bonds. The van der Waals surface area contributed by atoms with Crippen molar-refractivity contribution in [1.29, 1.82) is 0 Å². The quantitative estimate of drug-likeness (QED) is 0.543. The Kier molecular flexibility index (Phi) is 5.14. The Labute approximate surface area is 153 Å². The third-order valence-electron chi connectivity index (χ3n) is 3.78. The Morgan fingerprint density at radius 3 is 2.73 bits per heavy atom. The molecule has 26 heavy (non-hydrogen) atoms. The summed E-state index contributed by atoms with van der Waals surface area (Å²) >= 11 is 5.95. The number of esters is 1. The second kappa shape index (κ2) is 7.49. The Bertz CT molecular complexity index is 1020. The number of halogens is 1. The maximum absolute atomic E-state index is 12.2. The fraction of sp³-hybridized carbons (Fsp3) is 0.158. The summed E-state index contributed by atoms with van der Waals surface area (Å²) in [6.07, 6.45) is -0.0239. The van der Waals surface area contributed by atoms with Gasteiger partial charge in [-0.3, -0.25) is 4.79 Å². The van der Waals surface area contributed by atoms with E-state index in [1.807, 2.05) is 0 Å². The van der Waals surface area contributed by atoms with Crippen molar-refractivity contribution < 1.29 is 23.8 Å². The molecule has 0 unspecified atom stereocenters. The van der Waals surface area contributed by atoms with Gasteiger partial charge >= 0.3 is 11.6 Å². The summed E-state index contributed by atoms with van der Waals surface area (Å²) in [4.78, 5) is 23.8. The highest BCUT2D eigenvalue weighted by atomic mass is 35.5. The first-order valence-corrected chi connectivity index (χ1v) is 8.08. The topological polar surface area (TPSA) is 86.0 Å². The molecular formula is C19H15ClO6. The van der Waals surface area contributed by atoms with Crippen LogP contribution in [0.4, 0.5) is 0 Å². The van der Waals surface area contributed by atoms with Gasteiger partial charge in [-0.25, -0.2) is 4.79 Å². The molecule has 1 N–H and O–H groups in total. The number of hydrogen-bond donors (Lipinski definition) is 1. The van der Waals surface area contributed by atoms with Gasteiger partial charge in [-0.1, -0.05) is 11.6 Å². The van der Waals surface area contributed by atoms with Crippen LogP contribution in [0.25, 0.3) is 11.0 Å². The molecule has 0 bridgehead atoms. The van der Waals surface area contributed by atoms with Crippen molar-refractivity contribution in [3.05, 3.63) is 69.0 Å². The van der Waals surface area contributed by atoms with Gasteiger partial charge in [0.05, 0.1) is 13.5 Å². The first-order valence-electron chi connectivity index (χ1n) is 7.70. The number of aromatic hydroxyl groups is 1. The first kappa shape index (κ1) is 17.8. The zero-order chi connectivity index (χ0) is 18.7. The van der Waals surface area contributed by atoms with Gasteiger partial charge in [-0.15, -0.1) is 0 Å². The number of phenols is 1. The van der Waals surface area contributed by atoms with Crippen molar-refractivity contribution >= 4 is 28.5 Å². The SMILES string of the molecule is COc1ccc(Cl)cc1CC(=O)OCc1cc(=O)oc2cc(O)ccc12. The summed E-state index contributed by atoms with van der Waals surface area (Å²) in [5, 5.41) is 10.6. The molecule has 0 radical (unpaired) electrons. The van der Waals surface area contributed by atoms with Crippen LogP contribution in [-0.2, 0) is 22.6 Å². The molecule has 1 heterocycles. The van der Waals surface area contributed by atoms with Crippen LogP contribution in [0.15, 0.2) is 51.7 Å². The summed E-state index contributed by atoms with van der Waals surface area (Å²) in [6, 6.07) is 10.6. The maximum Gasteiger partial charge on any atom is 0.336 e. The van der Waals surface area contributed by atoms with E-state index in [9.17, 15) is 14.7 Å². The van der Waals surface area contributed by atoms with E-state index in [4.69, 9.17) is 25.5 Å². The highest BCUT2D eigenvalue weighted by Crippen LogP contribution is 2.24. The summed E-state index contributed by atoms with van der Waals surface area (Å²) < 4.78 is 15.5. The molecule has 0 spiro atoms. The molecule has 0 saturated carbocycles. The van der Waals surface area contributed by atoms with Gasteiger partial charge in [-0.05, 0) is 30.3 Å². The fourth-order valence-corrected chi connectivity index (χ4v) is 2.78. The monoisotopic (exact) mass is 374 g/mol. The van der Waals surface area contributed by atoms with E-state index >= 15 is 0 Å². The lowest BCUT2D eigenvalue weighted by atomic mass is 10.1. The molecular weight excluding hydrogens is 360 g/mol. The highest BCUT2D eigenvalue weighted by molar-refractivity contribution is 6.30. The van der Waals surface area contributed by atoms with Gasteiger partial charge in [0, 0.05) is 33.7 Å². The molecule has 3 aromatic rings. The van der Waals surface area contributed by atoms with Crippen molar-refractivity contribution in [2.75, 3.05) is 7.11 Å². The number of carbonyl (C=O) groups is 1. The Balaban J connectivity index is 1.77. The van der Waals surface area contributed by atoms with E-state index in [1.54, 1.807) is 24.3 Å². The van der Waals surface area contributed by atoms with Crippen LogP contribution in [0.1, 0.15) is 11.1 Å². The summed E-state index contributed by atoms with van der Waals surface area (Å²) in [5.74, 6) is 0.0150. The number of carbonyl (C=O) groups excluding carboxylic acids is 1. The van der Waals surface area contributed by atoms with Gasteiger partial charge in [0.25, 0.3) is 0 Å². The standard InChI is InChI=1S/C19H15ClO6/c1-24-16-5-2-13(20)6-11(16)7-18(22)25-10-12-8-19(23)26-17-9-14(21)3-4-15(12)17/h2-6,8-9,21H,7,10H2,1H3. The van der Waals surface area contributed by atoms with E-state index in [2.05, 4.69) is 0 Å². The maximum atomic E-state index is 12.2. The molecule has 0 aliphatic heterocycles. The van der Waals surface area contributed by atoms with Crippen molar-refractivity contribution in [3.63, 3.8) is 0 Å². The van der Waals surface area contributed by atoms with E-state index < -0.39 is 11.6 Å². The molecule has 134 valence electrons. The van der Waals surface area contributed by atoms with Crippen LogP contribution < -0.4 is 10.4 Å². The molecule has 3 rings (SSSR count). The van der Waals surface area contributed by atoms with Gasteiger partial charge in [0.15, 0.2) is 0 Å². The number of fused-ring (bicyclic) bond motifs is 1. The van der Waals surface area contributed by atoms with Crippen LogP contribution in [0.2, 0.25) is 5.02 Å². The van der Waals surface area contributed by atoms with Gasteiger partial charge in [0.2, 0.25) is 0 Å². The predicted molar refractivity (Wildman–Crippen MR) is 95.7 cm³/mol. The second-order valence-electron chi connectivity index (χ2n) is 5.56. The van der Waals surface area contributed by atoms with Crippen LogP contribution >= 0.6 is 11.6 Å². The first-order chi connectivity index (χ1) is 12.5. The number of methoxy groups -OCH3 is 1. The largest absolute Gasteiger partial charge is 0.508 e. The fourth-order valence-electron chi connectivity index (χ4n) is 2.59. The molecule has 0 atom stereocenters.